The van der Waals surface area contributed by atoms with Gasteiger partial charge in [-0.15, -0.1) is 0 Å². The molecule has 0 spiro atoms. The highest BCUT2D eigenvalue weighted by atomic mass is 35.5. The van der Waals surface area contributed by atoms with Crippen LogP contribution in [-0.2, 0) is 11.2 Å². The van der Waals surface area contributed by atoms with Crippen LogP contribution in [0.15, 0.2) is 48.5 Å². The lowest BCUT2D eigenvalue weighted by Gasteiger charge is -2.23. The standard InChI is InChI=1S/C16H14ClN3O2/c17-11-5-3-6-12(9-11)19-16(22)20-13-7-2-1-4-10(13)8-14(20)15(18)21/h1-7,9,14H,8H2,(H2,18,21)(H,19,22)/t14-/m0/s1. The van der Waals surface area contributed by atoms with Crippen LogP contribution in [0.25, 0.3) is 0 Å². The summed E-state index contributed by atoms with van der Waals surface area (Å²) >= 11 is 5.91. The summed E-state index contributed by atoms with van der Waals surface area (Å²) in [6.07, 6.45) is 0.425. The monoisotopic (exact) mass is 315 g/mol. The molecule has 5 nitrogen and oxygen atoms in total. The molecule has 1 atom stereocenters. The molecule has 3 rings (SSSR count). The minimum atomic E-state index is -0.684. The third-order valence-corrected chi connectivity index (χ3v) is 3.83. The highest BCUT2D eigenvalue weighted by Gasteiger charge is 2.37. The number of rotatable bonds is 2. The first-order chi connectivity index (χ1) is 10.6. The predicted molar refractivity (Wildman–Crippen MR) is 86.1 cm³/mol. The number of carbonyl (C=O) groups excluding carboxylic acids is 2. The van der Waals surface area contributed by atoms with E-state index in [1.54, 1.807) is 30.3 Å². The molecule has 0 fully saturated rings. The first-order valence-corrected chi connectivity index (χ1v) is 7.17. The average molecular weight is 316 g/mol. The van der Waals surface area contributed by atoms with Crippen molar-refractivity contribution in [3.05, 3.63) is 59.1 Å². The molecule has 3 N–H and O–H groups in total. The molecule has 0 saturated carbocycles. The number of benzene rings is 2. The zero-order valence-corrected chi connectivity index (χ0v) is 12.4. The highest BCUT2D eigenvalue weighted by Crippen LogP contribution is 2.32. The van der Waals surface area contributed by atoms with E-state index in [1.165, 1.54) is 4.90 Å². The lowest BCUT2D eigenvalue weighted by Crippen LogP contribution is -2.47. The molecule has 1 aliphatic heterocycles. The van der Waals surface area contributed by atoms with Crippen LogP contribution in [0.4, 0.5) is 16.2 Å². The molecule has 2 aromatic rings. The number of hydrogen-bond donors (Lipinski definition) is 2. The largest absolute Gasteiger partial charge is 0.368 e. The third-order valence-electron chi connectivity index (χ3n) is 3.60. The van der Waals surface area contributed by atoms with Gasteiger partial charge in [-0.2, -0.15) is 0 Å². The van der Waals surface area contributed by atoms with Gasteiger partial charge in [0.05, 0.1) is 0 Å². The number of nitrogens with zero attached hydrogens (tertiary/aromatic N) is 1. The fraction of sp³-hybridized carbons (Fsp3) is 0.125. The molecule has 0 saturated heterocycles. The second-order valence-corrected chi connectivity index (χ2v) is 5.50. The molecule has 1 aliphatic rings. The van der Waals surface area contributed by atoms with Crippen LogP contribution in [-0.4, -0.2) is 18.0 Å². The number of halogens is 1. The van der Waals surface area contributed by atoms with Crippen molar-refractivity contribution < 1.29 is 9.59 Å². The van der Waals surface area contributed by atoms with Crippen LogP contribution in [0.1, 0.15) is 5.56 Å². The number of fused-ring (bicyclic) bond motifs is 1. The molecule has 0 radical (unpaired) electrons. The number of amides is 3. The number of hydrogen-bond acceptors (Lipinski definition) is 2. The first kappa shape index (κ1) is 14.4. The first-order valence-electron chi connectivity index (χ1n) is 6.79. The number of urea groups is 1. The molecule has 0 unspecified atom stereocenters. The molecular weight excluding hydrogens is 302 g/mol. The van der Waals surface area contributed by atoms with Gasteiger partial charge in [-0.05, 0) is 29.8 Å². The van der Waals surface area contributed by atoms with Gasteiger partial charge in [-0.25, -0.2) is 4.79 Å². The number of para-hydroxylation sites is 1. The Morgan fingerprint density at radius 3 is 2.68 bits per heavy atom. The van der Waals surface area contributed by atoms with E-state index in [0.717, 1.165) is 5.56 Å². The van der Waals surface area contributed by atoms with Crippen molar-refractivity contribution in [1.29, 1.82) is 0 Å². The van der Waals surface area contributed by atoms with Crippen LogP contribution in [0.5, 0.6) is 0 Å². The minimum Gasteiger partial charge on any atom is -0.368 e. The van der Waals surface area contributed by atoms with E-state index in [2.05, 4.69) is 5.32 Å². The van der Waals surface area contributed by atoms with Crippen LogP contribution in [0, 0.1) is 0 Å². The zero-order valence-electron chi connectivity index (χ0n) is 11.6. The minimum absolute atomic E-state index is 0.406. The van der Waals surface area contributed by atoms with Crippen LogP contribution in [0.3, 0.4) is 0 Å². The molecule has 0 aliphatic carbocycles. The van der Waals surface area contributed by atoms with Crippen molar-refractivity contribution >= 4 is 34.9 Å². The summed E-state index contributed by atoms with van der Waals surface area (Å²) in [6, 6.07) is 13.1. The molecule has 6 heteroatoms. The zero-order chi connectivity index (χ0) is 15.7. The number of carbonyl (C=O) groups is 2. The van der Waals surface area contributed by atoms with Gasteiger partial charge in [-0.3, -0.25) is 9.69 Å². The molecule has 0 bridgehead atoms. The summed E-state index contributed by atoms with van der Waals surface area (Å²) in [5.41, 5.74) is 7.62. The summed E-state index contributed by atoms with van der Waals surface area (Å²) in [6.45, 7) is 0. The van der Waals surface area contributed by atoms with Crippen molar-refractivity contribution in [3.63, 3.8) is 0 Å². The summed E-state index contributed by atoms with van der Waals surface area (Å²) < 4.78 is 0. The van der Waals surface area contributed by atoms with E-state index >= 15 is 0 Å². The summed E-state index contributed by atoms with van der Waals surface area (Å²) in [5.74, 6) is -0.530. The van der Waals surface area contributed by atoms with Crippen molar-refractivity contribution in [3.8, 4) is 0 Å². The molecule has 112 valence electrons. The Balaban J connectivity index is 1.90. The van der Waals surface area contributed by atoms with Gasteiger partial charge >= 0.3 is 6.03 Å². The molecule has 2 aromatic carbocycles. The van der Waals surface area contributed by atoms with Gasteiger partial charge in [0.25, 0.3) is 0 Å². The maximum atomic E-state index is 12.6. The second kappa shape index (κ2) is 5.69. The Hall–Kier alpha value is -2.53. The van der Waals surface area contributed by atoms with E-state index in [9.17, 15) is 9.59 Å². The molecular formula is C16H14ClN3O2. The van der Waals surface area contributed by atoms with Gasteiger partial charge in [0.15, 0.2) is 0 Å². The van der Waals surface area contributed by atoms with Crippen molar-refractivity contribution in [2.24, 2.45) is 5.73 Å². The second-order valence-electron chi connectivity index (χ2n) is 5.06. The summed E-state index contributed by atoms with van der Waals surface area (Å²) in [7, 11) is 0. The van der Waals surface area contributed by atoms with Crippen LogP contribution >= 0.6 is 11.6 Å². The van der Waals surface area contributed by atoms with Crippen LogP contribution < -0.4 is 16.0 Å². The summed E-state index contributed by atoms with van der Waals surface area (Å²) in [5, 5.41) is 3.26. The van der Waals surface area contributed by atoms with E-state index in [1.807, 2.05) is 18.2 Å². The molecule has 22 heavy (non-hydrogen) atoms. The Labute approximate surface area is 132 Å². The normalized spacial score (nSPS) is 16.2. The Morgan fingerprint density at radius 1 is 1.18 bits per heavy atom. The van der Waals surface area contributed by atoms with Gasteiger partial charge in [-0.1, -0.05) is 35.9 Å². The van der Waals surface area contributed by atoms with E-state index in [-0.39, 0.29) is 0 Å². The fourth-order valence-electron chi connectivity index (χ4n) is 2.61. The third kappa shape index (κ3) is 2.63. The Kier molecular flexibility index (Phi) is 3.73. The maximum Gasteiger partial charge on any atom is 0.327 e. The van der Waals surface area contributed by atoms with E-state index in [4.69, 9.17) is 17.3 Å². The van der Waals surface area contributed by atoms with Gasteiger partial charge in [0.1, 0.15) is 6.04 Å². The SMILES string of the molecule is NC(=O)[C@@H]1Cc2ccccc2N1C(=O)Nc1cccc(Cl)c1. The van der Waals surface area contributed by atoms with E-state index < -0.39 is 18.0 Å². The van der Waals surface area contributed by atoms with Gasteiger partial charge in [0.2, 0.25) is 5.91 Å². The lowest BCUT2D eigenvalue weighted by molar-refractivity contribution is -0.119. The molecule has 3 amide bonds. The fourth-order valence-corrected chi connectivity index (χ4v) is 2.80. The number of nitrogens with one attached hydrogen (secondary N) is 1. The Bertz CT molecular complexity index is 748. The maximum absolute atomic E-state index is 12.6. The number of anilines is 2. The predicted octanol–water partition coefficient (Wildman–Crippen LogP) is 2.79. The summed E-state index contributed by atoms with van der Waals surface area (Å²) in [4.78, 5) is 25.6. The molecule has 0 aromatic heterocycles. The Morgan fingerprint density at radius 2 is 1.95 bits per heavy atom. The van der Waals surface area contributed by atoms with Crippen molar-refractivity contribution in [1.82, 2.24) is 0 Å². The van der Waals surface area contributed by atoms with Crippen molar-refractivity contribution in [2.75, 3.05) is 10.2 Å². The average Bonchev–Trinajstić information content (AvgIpc) is 2.87. The number of nitrogens with two attached hydrogens (primary N) is 1. The van der Waals surface area contributed by atoms with Gasteiger partial charge in [0, 0.05) is 22.8 Å². The quantitative estimate of drug-likeness (QED) is 0.894. The molecule has 1 heterocycles. The highest BCUT2D eigenvalue weighted by molar-refractivity contribution is 6.31. The van der Waals surface area contributed by atoms with E-state index in [0.29, 0.717) is 22.8 Å². The number of primary amides is 1. The van der Waals surface area contributed by atoms with Crippen LogP contribution in [0.2, 0.25) is 5.02 Å². The lowest BCUT2D eigenvalue weighted by atomic mass is 10.1. The topological polar surface area (TPSA) is 75.4 Å². The van der Waals surface area contributed by atoms with Gasteiger partial charge < -0.3 is 11.1 Å². The smallest absolute Gasteiger partial charge is 0.327 e. The van der Waals surface area contributed by atoms with Crippen molar-refractivity contribution in [2.45, 2.75) is 12.5 Å².